The smallest absolute Gasteiger partial charge is 0.299 e. The van der Waals surface area contributed by atoms with E-state index in [1.54, 1.807) is 6.92 Å². The molecule has 0 fully saturated rings. The van der Waals surface area contributed by atoms with Crippen LogP contribution in [0.3, 0.4) is 0 Å². The number of rotatable bonds is 4. The van der Waals surface area contributed by atoms with Gasteiger partial charge in [0.2, 0.25) is 0 Å². The van der Waals surface area contributed by atoms with Crippen molar-refractivity contribution in [1.29, 1.82) is 0 Å². The number of anilines is 1. The molecule has 0 saturated carbocycles. The molecule has 1 aromatic carbocycles. The Labute approximate surface area is 109 Å². The van der Waals surface area contributed by atoms with Gasteiger partial charge in [0.15, 0.2) is 5.78 Å². The molecule has 19 heavy (non-hydrogen) atoms. The molecule has 5 nitrogen and oxygen atoms in total. The number of methoxy groups -OCH3 is 1. The van der Waals surface area contributed by atoms with Gasteiger partial charge in [-0.1, -0.05) is 0 Å². The largest absolute Gasteiger partial charge is 0.377 e. The number of carbonyl (C=O) groups excluding carboxylic acids is 3. The highest BCUT2D eigenvalue weighted by Crippen LogP contribution is 2.32. The number of fused-ring (bicyclic) bond motifs is 1. The van der Waals surface area contributed by atoms with Crippen molar-refractivity contribution in [3.8, 4) is 0 Å². The minimum Gasteiger partial charge on any atom is -0.377 e. The number of Topliss-reactive ketones (excluding diaryl/α,β-unsaturated/α-hetero) is 2. The second kappa shape index (κ2) is 4.89. The summed E-state index contributed by atoms with van der Waals surface area (Å²) in [6, 6.07) is 2.66. The highest BCUT2D eigenvalue weighted by atomic mass is 19.1. The Hall–Kier alpha value is -2.08. The molecule has 0 bridgehead atoms. The maximum atomic E-state index is 13.9. The monoisotopic (exact) mass is 265 g/mol. The third-order valence-electron chi connectivity index (χ3n) is 2.80. The first-order valence-corrected chi connectivity index (χ1v) is 5.62. The topological polar surface area (TPSA) is 63.7 Å². The molecule has 0 unspecified atom stereocenters. The van der Waals surface area contributed by atoms with Gasteiger partial charge in [-0.3, -0.25) is 19.3 Å². The third kappa shape index (κ3) is 2.26. The number of amides is 1. The van der Waals surface area contributed by atoms with E-state index in [1.165, 1.54) is 19.2 Å². The molecule has 0 aromatic heterocycles. The van der Waals surface area contributed by atoms with Gasteiger partial charge in [-0.2, -0.15) is 0 Å². The Morgan fingerprint density at radius 2 is 2.05 bits per heavy atom. The van der Waals surface area contributed by atoms with Gasteiger partial charge in [-0.15, -0.1) is 0 Å². The van der Waals surface area contributed by atoms with Crippen molar-refractivity contribution in [2.24, 2.45) is 0 Å². The average Bonchev–Trinajstić information content (AvgIpc) is 2.55. The van der Waals surface area contributed by atoms with Crippen LogP contribution < -0.4 is 4.90 Å². The lowest BCUT2D eigenvalue weighted by Crippen LogP contribution is -2.36. The molecule has 1 aliphatic heterocycles. The fraction of sp³-hybridized carbons (Fsp3) is 0.308. The van der Waals surface area contributed by atoms with Gasteiger partial charge in [-0.25, -0.2) is 4.39 Å². The number of ketones is 2. The molecule has 0 saturated heterocycles. The van der Waals surface area contributed by atoms with Crippen molar-refractivity contribution in [1.82, 2.24) is 0 Å². The summed E-state index contributed by atoms with van der Waals surface area (Å²) in [5.41, 5.74) is 0.431. The van der Waals surface area contributed by atoms with E-state index in [4.69, 9.17) is 0 Å². The highest BCUT2D eigenvalue weighted by Gasteiger charge is 2.39. The maximum Gasteiger partial charge on any atom is 0.299 e. The molecule has 2 rings (SSSR count). The van der Waals surface area contributed by atoms with Crippen LogP contribution >= 0.6 is 0 Å². The normalized spacial score (nSPS) is 13.9. The van der Waals surface area contributed by atoms with Crippen molar-refractivity contribution in [2.75, 3.05) is 25.2 Å². The van der Waals surface area contributed by atoms with E-state index in [0.29, 0.717) is 5.56 Å². The van der Waals surface area contributed by atoms with Crippen molar-refractivity contribution < 1.29 is 23.5 Å². The minimum absolute atomic E-state index is 0.00715. The van der Waals surface area contributed by atoms with Crippen LogP contribution in [0.15, 0.2) is 12.1 Å². The van der Waals surface area contributed by atoms with E-state index < -0.39 is 23.3 Å². The second-order valence-corrected chi connectivity index (χ2v) is 4.34. The summed E-state index contributed by atoms with van der Waals surface area (Å²) in [6.07, 6.45) is 0. The summed E-state index contributed by atoms with van der Waals surface area (Å²) in [5, 5.41) is 0. The summed E-state index contributed by atoms with van der Waals surface area (Å²) >= 11 is 0. The van der Waals surface area contributed by atoms with Crippen LogP contribution in [0.4, 0.5) is 10.1 Å². The van der Waals surface area contributed by atoms with Crippen LogP contribution in [0.1, 0.15) is 15.9 Å². The minimum atomic E-state index is -0.885. The zero-order chi connectivity index (χ0) is 14.2. The maximum absolute atomic E-state index is 13.9. The van der Waals surface area contributed by atoms with Crippen LogP contribution in [0, 0.1) is 12.7 Å². The van der Waals surface area contributed by atoms with Crippen molar-refractivity contribution in [2.45, 2.75) is 6.92 Å². The second-order valence-electron chi connectivity index (χ2n) is 4.34. The first-order valence-electron chi connectivity index (χ1n) is 5.62. The van der Waals surface area contributed by atoms with E-state index in [-0.39, 0.29) is 24.4 Å². The van der Waals surface area contributed by atoms with Gasteiger partial charge in [0.25, 0.3) is 11.7 Å². The van der Waals surface area contributed by atoms with Gasteiger partial charge in [-0.05, 0) is 24.6 Å². The first-order chi connectivity index (χ1) is 8.95. The molecule has 0 aliphatic carbocycles. The Bertz CT molecular complexity index is 582. The number of hydrogen-bond acceptors (Lipinski definition) is 4. The van der Waals surface area contributed by atoms with E-state index in [2.05, 4.69) is 4.74 Å². The van der Waals surface area contributed by atoms with Crippen LogP contribution in [0.2, 0.25) is 0 Å². The Morgan fingerprint density at radius 1 is 1.37 bits per heavy atom. The molecule has 0 spiro atoms. The van der Waals surface area contributed by atoms with E-state index in [9.17, 15) is 18.8 Å². The molecule has 100 valence electrons. The van der Waals surface area contributed by atoms with Crippen LogP contribution in [0.25, 0.3) is 0 Å². The van der Waals surface area contributed by atoms with E-state index >= 15 is 0 Å². The molecule has 0 N–H and O–H groups in total. The number of ether oxygens (including phenoxy) is 1. The zero-order valence-electron chi connectivity index (χ0n) is 10.5. The lowest BCUT2D eigenvalue weighted by Gasteiger charge is -2.16. The number of benzene rings is 1. The third-order valence-corrected chi connectivity index (χ3v) is 2.80. The van der Waals surface area contributed by atoms with Crippen molar-refractivity contribution in [3.05, 3.63) is 29.1 Å². The Kier molecular flexibility index (Phi) is 3.44. The van der Waals surface area contributed by atoms with Gasteiger partial charge in [0.1, 0.15) is 12.4 Å². The standard InChI is InChI=1S/C13H12FNO4/c1-7-3-9-11(10(14)4-7)15(13(18)12(9)17)5-8(16)6-19-2/h3-4H,5-6H2,1-2H3. The van der Waals surface area contributed by atoms with Crippen molar-refractivity contribution >= 4 is 23.2 Å². The molecular weight excluding hydrogens is 253 g/mol. The number of nitrogens with zero attached hydrogens (tertiary/aromatic N) is 1. The fourth-order valence-electron chi connectivity index (χ4n) is 2.06. The lowest BCUT2D eigenvalue weighted by atomic mass is 10.1. The number of aryl methyl sites for hydroxylation is 1. The molecule has 0 radical (unpaired) electrons. The van der Waals surface area contributed by atoms with Crippen molar-refractivity contribution in [3.63, 3.8) is 0 Å². The summed E-state index contributed by atoms with van der Waals surface area (Å²) in [5.74, 6) is -2.76. The van der Waals surface area contributed by atoms with Gasteiger partial charge >= 0.3 is 0 Å². The zero-order valence-corrected chi connectivity index (χ0v) is 10.5. The molecule has 6 heteroatoms. The van der Waals surface area contributed by atoms with Gasteiger partial charge in [0.05, 0.1) is 17.8 Å². The molecule has 1 aliphatic rings. The predicted molar refractivity (Wildman–Crippen MR) is 64.7 cm³/mol. The SMILES string of the molecule is COCC(=O)CN1C(=O)C(=O)c2cc(C)cc(F)c21. The summed E-state index contributed by atoms with van der Waals surface area (Å²) in [6.45, 7) is 1.06. The first kappa shape index (κ1) is 13.4. The lowest BCUT2D eigenvalue weighted by molar-refractivity contribution is -0.123. The molecule has 1 aromatic rings. The quantitative estimate of drug-likeness (QED) is 0.758. The number of carbonyl (C=O) groups is 3. The van der Waals surface area contributed by atoms with E-state index in [1.807, 2.05) is 0 Å². The van der Waals surface area contributed by atoms with Gasteiger partial charge in [0, 0.05) is 7.11 Å². The fourth-order valence-corrected chi connectivity index (χ4v) is 2.06. The summed E-state index contributed by atoms with van der Waals surface area (Å²) < 4.78 is 18.5. The number of hydrogen-bond donors (Lipinski definition) is 0. The highest BCUT2D eigenvalue weighted by molar-refractivity contribution is 6.52. The molecule has 0 atom stereocenters. The Balaban J connectivity index is 2.41. The summed E-state index contributed by atoms with van der Waals surface area (Å²) in [7, 11) is 1.34. The predicted octanol–water partition coefficient (Wildman–Crippen LogP) is 0.879. The van der Waals surface area contributed by atoms with Crippen LogP contribution in [-0.2, 0) is 14.3 Å². The molecular formula is C13H12FNO4. The van der Waals surface area contributed by atoms with E-state index in [0.717, 1.165) is 4.90 Å². The summed E-state index contributed by atoms with van der Waals surface area (Å²) in [4.78, 5) is 35.9. The van der Waals surface area contributed by atoms with Gasteiger partial charge < -0.3 is 4.74 Å². The average molecular weight is 265 g/mol. The van der Waals surface area contributed by atoms with Crippen LogP contribution in [0.5, 0.6) is 0 Å². The molecule has 1 heterocycles. The molecule has 1 amide bonds. The van der Waals surface area contributed by atoms with Crippen LogP contribution in [-0.4, -0.2) is 37.7 Å². The Morgan fingerprint density at radius 3 is 2.68 bits per heavy atom. The number of halogens is 1.